The topological polar surface area (TPSA) is 58.2 Å². The molecular formula is C17H16BrClN2O2S. The van der Waals surface area contributed by atoms with Gasteiger partial charge in [-0.3, -0.25) is 9.59 Å². The van der Waals surface area contributed by atoms with Gasteiger partial charge < -0.3 is 10.6 Å². The second-order valence-electron chi connectivity index (χ2n) is 5.06. The molecule has 2 rings (SSSR count). The average Bonchev–Trinajstić information content (AvgIpc) is 2.52. The molecular weight excluding hydrogens is 412 g/mol. The Morgan fingerprint density at radius 1 is 1.04 bits per heavy atom. The van der Waals surface area contributed by atoms with Crippen molar-refractivity contribution in [2.24, 2.45) is 0 Å². The van der Waals surface area contributed by atoms with E-state index in [-0.39, 0.29) is 23.3 Å². The van der Waals surface area contributed by atoms with Gasteiger partial charge in [0, 0.05) is 20.9 Å². The Morgan fingerprint density at radius 2 is 1.67 bits per heavy atom. The first kappa shape index (κ1) is 18.8. The van der Waals surface area contributed by atoms with E-state index < -0.39 is 0 Å². The summed E-state index contributed by atoms with van der Waals surface area (Å²) in [7, 11) is 0. The van der Waals surface area contributed by atoms with E-state index >= 15 is 0 Å². The second-order valence-corrected chi connectivity index (χ2v) is 7.39. The van der Waals surface area contributed by atoms with Gasteiger partial charge in [-0.15, -0.1) is 11.8 Å². The highest BCUT2D eigenvalue weighted by Crippen LogP contribution is 2.20. The molecule has 0 saturated heterocycles. The van der Waals surface area contributed by atoms with Gasteiger partial charge in [-0.05, 0) is 55.0 Å². The summed E-state index contributed by atoms with van der Waals surface area (Å²) >= 11 is 10.5. The van der Waals surface area contributed by atoms with Crippen LogP contribution in [0, 0.1) is 6.92 Å². The minimum absolute atomic E-state index is 0.141. The van der Waals surface area contributed by atoms with E-state index in [1.807, 2.05) is 31.2 Å². The molecule has 0 heterocycles. The van der Waals surface area contributed by atoms with Crippen LogP contribution in [0.25, 0.3) is 0 Å². The quantitative estimate of drug-likeness (QED) is 0.701. The van der Waals surface area contributed by atoms with Gasteiger partial charge in [-0.25, -0.2) is 0 Å². The second kappa shape index (κ2) is 9.11. The Bertz CT molecular complexity index is 738. The smallest absolute Gasteiger partial charge is 0.234 e. The van der Waals surface area contributed by atoms with E-state index in [9.17, 15) is 9.59 Å². The monoisotopic (exact) mass is 426 g/mol. The normalized spacial score (nSPS) is 10.3. The Hall–Kier alpha value is -1.50. The van der Waals surface area contributed by atoms with Crippen molar-refractivity contribution >= 4 is 62.5 Å². The van der Waals surface area contributed by atoms with Crippen molar-refractivity contribution in [2.75, 3.05) is 22.1 Å². The summed E-state index contributed by atoms with van der Waals surface area (Å²) in [5.74, 6) is 0.124. The molecule has 0 unspecified atom stereocenters. The van der Waals surface area contributed by atoms with Crippen LogP contribution in [0.4, 0.5) is 11.4 Å². The molecule has 0 bridgehead atoms. The number of hydrogen-bond donors (Lipinski definition) is 2. The third-order valence-electron chi connectivity index (χ3n) is 3.06. The zero-order chi connectivity index (χ0) is 17.5. The van der Waals surface area contributed by atoms with E-state index in [0.717, 1.165) is 21.4 Å². The van der Waals surface area contributed by atoms with Crippen LogP contribution >= 0.6 is 39.3 Å². The highest BCUT2D eigenvalue weighted by molar-refractivity contribution is 9.10. The van der Waals surface area contributed by atoms with Crippen LogP contribution in [-0.4, -0.2) is 23.3 Å². The third-order valence-corrected chi connectivity index (χ3v) is 4.75. The molecule has 0 aliphatic rings. The summed E-state index contributed by atoms with van der Waals surface area (Å²) in [6.07, 6.45) is 0. The first-order valence-electron chi connectivity index (χ1n) is 7.13. The van der Waals surface area contributed by atoms with Crippen LogP contribution in [0.5, 0.6) is 0 Å². The molecule has 2 amide bonds. The maximum absolute atomic E-state index is 11.9. The summed E-state index contributed by atoms with van der Waals surface area (Å²) in [4.78, 5) is 23.8. The summed E-state index contributed by atoms with van der Waals surface area (Å²) < 4.78 is 0.948. The lowest BCUT2D eigenvalue weighted by molar-refractivity contribution is -0.114. The molecule has 0 aliphatic heterocycles. The molecule has 2 aromatic rings. The molecule has 2 N–H and O–H groups in total. The van der Waals surface area contributed by atoms with Gasteiger partial charge in [-0.1, -0.05) is 27.5 Å². The fraction of sp³-hybridized carbons (Fsp3) is 0.176. The number of benzene rings is 2. The van der Waals surface area contributed by atoms with E-state index in [0.29, 0.717) is 5.02 Å². The van der Waals surface area contributed by atoms with Gasteiger partial charge in [0.15, 0.2) is 0 Å². The van der Waals surface area contributed by atoms with Crippen LogP contribution in [-0.2, 0) is 9.59 Å². The van der Waals surface area contributed by atoms with Crippen LogP contribution in [0.3, 0.4) is 0 Å². The average molecular weight is 428 g/mol. The van der Waals surface area contributed by atoms with Crippen molar-refractivity contribution in [3.05, 3.63) is 57.5 Å². The fourth-order valence-corrected chi connectivity index (χ4v) is 3.03. The van der Waals surface area contributed by atoms with Gasteiger partial charge in [0.2, 0.25) is 11.8 Å². The minimum Gasteiger partial charge on any atom is -0.325 e. The highest BCUT2D eigenvalue weighted by Gasteiger charge is 2.08. The fourth-order valence-electron chi connectivity index (χ4n) is 1.92. The van der Waals surface area contributed by atoms with Crippen LogP contribution < -0.4 is 10.6 Å². The first-order chi connectivity index (χ1) is 11.4. The molecule has 24 heavy (non-hydrogen) atoms. The predicted octanol–water partition coefficient (Wildman–Crippen LogP) is 4.72. The number of carbonyl (C=O) groups excluding carboxylic acids is 2. The van der Waals surface area contributed by atoms with Gasteiger partial charge in [0.1, 0.15) is 0 Å². The molecule has 0 aliphatic carbocycles. The number of aryl methyl sites for hydroxylation is 1. The zero-order valence-electron chi connectivity index (χ0n) is 12.9. The summed E-state index contributed by atoms with van der Waals surface area (Å²) in [6, 6.07) is 12.6. The number of anilines is 2. The number of nitrogens with one attached hydrogen (secondary N) is 2. The van der Waals surface area contributed by atoms with Gasteiger partial charge >= 0.3 is 0 Å². The number of thioether (sulfide) groups is 1. The van der Waals surface area contributed by atoms with E-state index in [1.165, 1.54) is 11.8 Å². The Balaban J connectivity index is 1.73. The molecule has 126 valence electrons. The van der Waals surface area contributed by atoms with E-state index in [1.54, 1.807) is 18.2 Å². The van der Waals surface area contributed by atoms with Crippen LogP contribution in [0.2, 0.25) is 5.02 Å². The SMILES string of the molecule is Cc1cc(Cl)ccc1NC(=O)CSCC(=O)Nc1ccc(Br)cc1. The number of halogens is 2. The zero-order valence-corrected chi connectivity index (χ0v) is 16.1. The summed E-state index contributed by atoms with van der Waals surface area (Å²) in [5.41, 5.74) is 2.35. The molecule has 0 radical (unpaired) electrons. The molecule has 0 aromatic heterocycles. The van der Waals surface area contributed by atoms with Crippen molar-refractivity contribution < 1.29 is 9.59 Å². The molecule has 0 fully saturated rings. The lowest BCUT2D eigenvalue weighted by atomic mass is 10.2. The molecule has 0 saturated carbocycles. The number of hydrogen-bond acceptors (Lipinski definition) is 3. The molecule has 0 spiro atoms. The number of amides is 2. The molecule has 0 atom stereocenters. The van der Waals surface area contributed by atoms with Crippen LogP contribution in [0.15, 0.2) is 46.9 Å². The van der Waals surface area contributed by atoms with Gasteiger partial charge in [0.05, 0.1) is 11.5 Å². The molecule has 4 nitrogen and oxygen atoms in total. The van der Waals surface area contributed by atoms with Crippen molar-refractivity contribution in [1.82, 2.24) is 0 Å². The number of rotatable bonds is 6. The minimum atomic E-state index is -0.151. The Morgan fingerprint density at radius 3 is 2.29 bits per heavy atom. The molecule has 2 aromatic carbocycles. The van der Waals surface area contributed by atoms with Crippen LogP contribution in [0.1, 0.15) is 5.56 Å². The highest BCUT2D eigenvalue weighted by atomic mass is 79.9. The molecule has 7 heteroatoms. The summed E-state index contributed by atoms with van der Waals surface area (Å²) in [6.45, 7) is 1.88. The standard InChI is InChI=1S/C17H16BrClN2O2S/c1-11-8-13(19)4-7-15(11)21-17(23)10-24-9-16(22)20-14-5-2-12(18)3-6-14/h2-8H,9-10H2,1H3,(H,20,22)(H,21,23). The third kappa shape index (κ3) is 6.19. The van der Waals surface area contributed by atoms with Gasteiger partial charge in [-0.2, -0.15) is 0 Å². The Labute approximate surface area is 158 Å². The predicted molar refractivity (Wildman–Crippen MR) is 105 cm³/mol. The van der Waals surface area contributed by atoms with Crippen molar-refractivity contribution in [3.8, 4) is 0 Å². The van der Waals surface area contributed by atoms with Crippen molar-refractivity contribution in [1.29, 1.82) is 0 Å². The first-order valence-corrected chi connectivity index (χ1v) is 9.46. The van der Waals surface area contributed by atoms with Crippen molar-refractivity contribution in [2.45, 2.75) is 6.92 Å². The summed E-state index contributed by atoms with van der Waals surface area (Å²) in [5, 5.41) is 6.22. The van der Waals surface area contributed by atoms with Gasteiger partial charge in [0.25, 0.3) is 0 Å². The van der Waals surface area contributed by atoms with E-state index in [4.69, 9.17) is 11.6 Å². The maximum Gasteiger partial charge on any atom is 0.234 e. The van der Waals surface area contributed by atoms with Crippen molar-refractivity contribution in [3.63, 3.8) is 0 Å². The largest absolute Gasteiger partial charge is 0.325 e. The maximum atomic E-state index is 11.9. The Kier molecular flexibility index (Phi) is 7.15. The lowest BCUT2D eigenvalue weighted by Gasteiger charge is -2.09. The number of carbonyl (C=O) groups is 2. The van der Waals surface area contributed by atoms with E-state index in [2.05, 4.69) is 26.6 Å². The lowest BCUT2D eigenvalue weighted by Crippen LogP contribution is -2.18.